The van der Waals surface area contributed by atoms with Crippen LogP contribution < -0.4 is 5.73 Å². The van der Waals surface area contributed by atoms with Crippen molar-refractivity contribution in [1.82, 2.24) is 4.90 Å². The van der Waals surface area contributed by atoms with Crippen LogP contribution in [0.25, 0.3) is 0 Å². The second-order valence-corrected chi connectivity index (χ2v) is 3.61. The van der Waals surface area contributed by atoms with E-state index in [1.807, 2.05) is 19.1 Å². The lowest BCUT2D eigenvalue weighted by atomic mass is 10.1. The van der Waals surface area contributed by atoms with Crippen molar-refractivity contribution in [2.45, 2.75) is 6.92 Å². The van der Waals surface area contributed by atoms with Gasteiger partial charge in [-0.15, -0.1) is 0 Å². The molecule has 5 heteroatoms. The van der Waals surface area contributed by atoms with Gasteiger partial charge in [-0.05, 0) is 30.7 Å². The van der Waals surface area contributed by atoms with Crippen LogP contribution in [0.2, 0.25) is 0 Å². The molecule has 0 aliphatic heterocycles. The molecule has 0 radical (unpaired) electrons. The SMILES string of the molecule is Cc1cc(N)cc(C(=O)N(CC#N)CC#N)c1. The standard InChI is InChI=1S/C12H12N4O/c1-9-6-10(8-11(15)7-9)12(17)16(4-2-13)5-3-14/h6-8H,4-5,15H2,1H3. The Morgan fingerprint density at radius 3 is 2.35 bits per heavy atom. The van der Waals surface area contributed by atoms with Crippen LogP contribution in [-0.4, -0.2) is 23.9 Å². The molecular formula is C12H12N4O. The molecule has 0 saturated heterocycles. The smallest absolute Gasteiger partial charge is 0.255 e. The van der Waals surface area contributed by atoms with E-state index in [0.29, 0.717) is 11.3 Å². The highest BCUT2D eigenvalue weighted by Gasteiger charge is 2.15. The fourth-order valence-electron chi connectivity index (χ4n) is 1.49. The summed E-state index contributed by atoms with van der Waals surface area (Å²) in [6.45, 7) is 1.60. The van der Waals surface area contributed by atoms with Crippen LogP contribution >= 0.6 is 0 Å². The predicted molar refractivity (Wildman–Crippen MR) is 62.7 cm³/mol. The van der Waals surface area contributed by atoms with Crippen molar-refractivity contribution >= 4 is 11.6 Å². The van der Waals surface area contributed by atoms with Crippen molar-refractivity contribution in [3.63, 3.8) is 0 Å². The van der Waals surface area contributed by atoms with Crippen LogP contribution in [0.15, 0.2) is 18.2 Å². The minimum atomic E-state index is -0.358. The molecule has 1 rings (SSSR count). The highest BCUT2D eigenvalue weighted by molar-refractivity contribution is 5.95. The molecule has 0 bridgehead atoms. The summed E-state index contributed by atoms with van der Waals surface area (Å²) < 4.78 is 0. The van der Waals surface area contributed by atoms with E-state index >= 15 is 0 Å². The average molecular weight is 228 g/mol. The lowest BCUT2D eigenvalue weighted by Gasteiger charge is -2.16. The van der Waals surface area contributed by atoms with Crippen LogP contribution in [0.5, 0.6) is 0 Å². The van der Waals surface area contributed by atoms with Gasteiger partial charge in [-0.3, -0.25) is 4.79 Å². The van der Waals surface area contributed by atoms with E-state index < -0.39 is 0 Å². The molecule has 0 atom stereocenters. The van der Waals surface area contributed by atoms with E-state index in [1.165, 1.54) is 11.0 Å². The van der Waals surface area contributed by atoms with Crippen LogP contribution in [0.4, 0.5) is 5.69 Å². The summed E-state index contributed by atoms with van der Waals surface area (Å²) in [5, 5.41) is 17.2. The van der Waals surface area contributed by atoms with Crippen LogP contribution in [0.1, 0.15) is 15.9 Å². The van der Waals surface area contributed by atoms with Gasteiger partial charge in [-0.25, -0.2) is 0 Å². The van der Waals surface area contributed by atoms with Crippen LogP contribution in [-0.2, 0) is 0 Å². The van der Waals surface area contributed by atoms with Gasteiger partial charge in [0.2, 0.25) is 0 Å². The van der Waals surface area contributed by atoms with E-state index in [4.69, 9.17) is 16.3 Å². The second-order valence-electron chi connectivity index (χ2n) is 3.61. The molecular weight excluding hydrogens is 216 g/mol. The van der Waals surface area contributed by atoms with Gasteiger partial charge in [0.1, 0.15) is 13.1 Å². The molecule has 0 aromatic heterocycles. The van der Waals surface area contributed by atoms with Gasteiger partial charge >= 0.3 is 0 Å². The van der Waals surface area contributed by atoms with Gasteiger partial charge in [0.25, 0.3) is 5.91 Å². The van der Waals surface area contributed by atoms with Gasteiger partial charge in [-0.2, -0.15) is 10.5 Å². The van der Waals surface area contributed by atoms with Crippen molar-refractivity contribution in [2.75, 3.05) is 18.8 Å². The number of carbonyl (C=O) groups excluding carboxylic acids is 1. The topological polar surface area (TPSA) is 93.9 Å². The summed E-state index contributed by atoms with van der Waals surface area (Å²) in [6, 6.07) is 8.68. The Kier molecular flexibility index (Phi) is 4.08. The molecule has 0 unspecified atom stereocenters. The minimum absolute atomic E-state index is 0.111. The second kappa shape index (κ2) is 5.53. The molecule has 0 aliphatic rings. The van der Waals surface area contributed by atoms with Crippen molar-refractivity contribution in [3.8, 4) is 12.1 Å². The predicted octanol–water partition coefficient (Wildman–Crippen LogP) is 1.07. The molecule has 0 saturated carbocycles. The number of hydrogen-bond acceptors (Lipinski definition) is 4. The summed E-state index contributed by atoms with van der Waals surface area (Å²) in [5.74, 6) is -0.358. The van der Waals surface area contributed by atoms with Crippen molar-refractivity contribution in [3.05, 3.63) is 29.3 Å². The molecule has 5 nitrogen and oxygen atoms in total. The largest absolute Gasteiger partial charge is 0.399 e. The summed E-state index contributed by atoms with van der Waals surface area (Å²) in [6.07, 6.45) is 0. The Morgan fingerprint density at radius 2 is 1.88 bits per heavy atom. The van der Waals surface area contributed by atoms with Crippen molar-refractivity contribution < 1.29 is 4.79 Å². The maximum atomic E-state index is 12.0. The highest BCUT2D eigenvalue weighted by Crippen LogP contribution is 2.13. The zero-order valence-electron chi connectivity index (χ0n) is 9.47. The summed E-state index contributed by atoms with van der Waals surface area (Å²) >= 11 is 0. The Bertz CT molecular complexity index is 474. The molecule has 1 amide bonds. The lowest BCUT2D eigenvalue weighted by molar-refractivity contribution is 0.0794. The Hall–Kier alpha value is -2.53. The zero-order valence-corrected chi connectivity index (χ0v) is 9.47. The fraction of sp³-hybridized carbons (Fsp3) is 0.250. The first-order valence-corrected chi connectivity index (χ1v) is 4.99. The average Bonchev–Trinajstić information content (AvgIpc) is 2.26. The Labute approximate surface area is 99.7 Å². The first kappa shape index (κ1) is 12.5. The number of nitrogens with two attached hydrogens (primary N) is 1. The van der Waals surface area contributed by atoms with Gasteiger partial charge in [-0.1, -0.05) is 0 Å². The number of nitrogen functional groups attached to an aromatic ring is 1. The molecule has 2 N–H and O–H groups in total. The number of nitriles is 2. The van der Waals surface area contributed by atoms with Gasteiger partial charge in [0.15, 0.2) is 0 Å². The first-order chi connectivity index (χ1) is 8.08. The van der Waals surface area contributed by atoms with Crippen molar-refractivity contribution in [1.29, 1.82) is 10.5 Å². The van der Waals surface area contributed by atoms with Crippen LogP contribution in [0, 0.1) is 29.6 Å². The molecule has 86 valence electrons. The number of anilines is 1. The molecule has 0 fully saturated rings. The monoisotopic (exact) mass is 228 g/mol. The molecule has 0 aliphatic carbocycles. The maximum Gasteiger partial charge on any atom is 0.255 e. The van der Waals surface area contributed by atoms with Crippen LogP contribution in [0.3, 0.4) is 0 Å². The van der Waals surface area contributed by atoms with E-state index in [1.54, 1.807) is 12.1 Å². The third kappa shape index (κ3) is 3.22. The molecule has 1 aromatic carbocycles. The first-order valence-electron chi connectivity index (χ1n) is 4.99. The maximum absolute atomic E-state index is 12.0. The molecule has 17 heavy (non-hydrogen) atoms. The quantitative estimate of drug-likeness (QED) is 0.618. The third-order valence-electron chi connectivity index (χ3n) is 2.16. The number of nitrogens with zero attached hydrogens (tertiary/aromatic N) is 3. The lowest BCUT2D eigenvalue weighted by Crippen LogP contribution is -2.31. The molecule has 1 aromatic rings. The minimum Gasteiger partial charge on any atom is -0.399 e. The number of benzene rings is 1. The number of carbonyl (C=O) groups is 1. The third-order valence-corrected chi connectivity index (χ3v) is 2.16. The van der Waals surface area contributed by atoms with Crippen molar-refractivity contribution in [2.24, 2.45) is 0 Å². The van der Waals surface area contributed by atoms with Gasteiger partial charge in [0, 0.05) is 11.3 Å². The summed E-state index contributed by atoms with van der Waals surface area (Å²) in [5.41, 5.74) is 7.39. The van der Waals surface area contributed by atoms with E-state index in [2.05, 4.69) is 0 Å². The van der Waals surface area contributed by atoms with E-state index in [9.17, 15) is 4.79 Å². The zero-order chi connectivity index (χ0) is 12.8. The number of amides is 1. The Morgan fingerprint density at radius 1 is 1.29 bits per heavy atom. The van der Waals surface area contributed by atoms with Gasteiger partial charge < -0.3 is 10.6 Å². The number of aryl methyl sites for hydroxylation is 1. The van der Waals surface area contributed by atoms with E-state index in [-0.39, 0.29) is 19.0 Å². The van der Waals surface area contributed by atoms with E-state index in [0.717, 1.165) is 5.56 Å². The fourth-order valence-corrected chi connectivity index (χ4v) is 1.49. The molecule has 0 spiro atoms. The number of rotatable bonds is 3. The molecule has 0 heterocycles. The highest BCUT2D eigenvalue weighted by atomic mass is 16.2. The van der Waals surface area contributed by atoms with Gasteiger partial charge in [0.05, 0.1) is 12.1 Å². The summed E-state index contributed by atoms with van der Waals surface area (Å²) in [4.78, 5) is 13.2. The number of hydrogen-bond donors (Lipinski definition) is 1. The summed E-state index contributed by atoms with van der Waals surface area (Å²) in [7, 11) is 0. The Balaban J connectivity index is 3.02. The normalized spacial score (nSPS) is 9.12.